The third kappa shape index (κ3) is 3.99. The zero-order valence-corrected chi connectivity index (χ0v) is 16.6. The number of esters is 1. The van der Waals surface area contributed by atoms with Crippen LogP contribution in [0.5, 0.6) is 0 Å². The maximum absolute atomic E-state index is 12.7. The number of nitro benzene ring substituents is 1. The van der Waals surface area contributed by atoms with Crippen molar-refractivity contribution >= 4 is 39.1 Å². The van der Waals surface area contributed by atoms with Gasteiger partial charge in [-0.2, -0.15) is 4.99 Å². The van der Waals surface area contributed by atoms with E-state index in [2.05, 4.69) is 11.6 Å². The average Bonchev–Trinajstić information content (AvgIpc) is 3.04. The fraction of sp³-hybridized carbons (Fsp3) is 0.150. The van der Waals surface area contributed by atoms with Crippen molar-refractivity contribution in [3.05, 3.63) is 80.7 Å². The predicted octanol–water partition coefficient (Wildman–Crippen LogP) is 3.63. The van der Waals surface area contributed by atoms with Crippen LogP contribution < -0.4 is 4.80 Å². The minimum absolute atomic E-state index is 0.125. The van der Waals surface area contributed by atoms with Crippen molar-refractivity contribution in [2.45, 2.75) is 13.5 Å². The molecule has 3 aromatic rings. The molecule has 0 aliphatic heterocycles. The minimum atomic E-state index is -0.592. The number of ether oxygens (including phenoxy) is 1. The number of aryl methyl sites for hydroxylation is 1. The first-order valence-electron chi connectivity index (χ1n) is 8.52. The summed E-state index contributed by atoms with van der Waals surface area (Å²) in [6.07, 6.45) is 1.67. The summed E-state index contributed by atoms with van der Waals surface area (Å²) in [6.45, 7) is 5.73. The number of benzene rings is 2. The van der Waals surface area contributed by atoms with Crippen molar-refractivity contribution in [1.29, 1.82) is 0 Å². The molecule has 148 valence electrons. The normalized spacial score (nSPS) is 11.4. The van der Waals surface area contributed by atoms with Gasteiger partial charge in [0.25, 0.3) is 11.6 Å². The molecule has 0 saturated carbocycles. The molecule has 0 aliphatic rings. The first kappa shape index (κ1) is 20.2. The molecule has 3 rings (SSSR count). The number of hydrogen-bond acceptors (Lipinski definition) is 6. The quantitative estimate of drug-likeness (QED) is 0.276. The summed E-state index contributed by atoms with van der Waals surface area (Å²) in [5.41, 5.74) is 1.62. The number of nitro groups is 1. The fourth-order valence-corrected chi connectivity index (χ4v) is 3.88. The second-order valence-electron chi connectivity index (χ2n) is 6.13. The van der Waals surface area contributed by atoms with Gasteiger partial charge in [-0.3, -0.25) is 14.9 Å². The van der Waals surface area contributed by atoms with Gasteiger partial charge in [0.1, 0.15) is 0 Å². The molecule has 9 heteroatoms. The molecular weight excluding hydrogens is 394 g/mol. The second kappa shape index (κ2) is 8.19. The summed E-state index contributed by atoms with van der Waals surface area (Å²) in [4.78, 5) is 39.6. The molecule has 0 atom stereocenters. The van der Waals surface area contributed by atoms with Gasteiger partial charge in [-0.1, -0.05) is 23.5 Å². The lowest BCUT2D eigenvalue weighted by Gasteiger charge is -2.03. The Hall–Kier alpha value is -3.59. The number of nitrogens with zero attached hydrogens (tertiary/aromatic N) is 3. The summed E-state index contributed by atoms with van der Waals surface area (Å²) in [6, 6.07) is 9.31. The van der Waals surface area contributed by atoms with Gasteiger partial charge in [-0.15, -0.1) is 6.58 Å². The van der Waals surface area contributed by atoms with E-state index in [4.69, 9.17) is 4.74 Å². The molecule has 1 amide bonds. The molecule has 2 aromatic carbocycles. The van der Waals surface area contributed by atoms with Crippen LogP contribution in [0.1, 0.15) is 26.3 Å². The topological polar surface area (TPSA) is 104 Å². The van der Waals surface area contributed by atoms with Crippen LogP contribution in [0.2, 0.25) is 0 Å². The van der Waals surface area contributed by atoms with Gasteiger partial charge >= 0.3 is 5.97 Å². The SMILES string of the molecule is C=CCn1c(=NC(=O)c2ccc(C)c([N+](=O)[O-])c2)sc2cc(C(=O)OC)ccc21. The van der Waals surface area contributed by atoms with Crippen LogP contribution >= 0.6 is 11.3 Å². The van der Waals surface area contributed by atoms with Gasteiger partial charge in [0, 0.05) is 23.7 Å². The van der Waals surface area contributed by atoms with Crippen LogP contribution in [0, 0.1) is 17.0 Å². The van der Waals surface area contributed by atoms with Crippen molar-refractivity contribution in [2.24, 2.45) is 4.99 Å². The maximum Gasteiger partial charge on any atom is 0.337 e. The number of fused-ring (bicyclic) bond motifs is 1. The molecule has 0 radical (unpaired) electrons. The molecule has 1 aromatic heterocycles. The van der Waals surface area contributed by atoms with E-state index in [1.165, 1.54) is 36.6 Å². The number of carbonyl (C=O) groups is 2. The van der Waals surface area contributed by atoms with E-state index in [9.17, 15) is 19.7 Å². The number of methoxy groups -OCH3 is 1. The monoisotopic (exact) mass is 411 g/mol. The summed E-state index contributed by atoms with van der Waals surface area (Å²) >= 11 is 1.23. The molecule has 0 saturated heterocycles. The zero-order chi connectivity index (χ0) is 21.1. The largest absolute Gasteiger partial charge is 0.465 e. The molecule has 0 fully saturated rings. The molecule has 0 aliphatic carbocycles. The summed E-state index contributed by atoms with van der Waals surface area (Å²) in [5, 5.41) is 11.1. The summed E-state index contributed by atoms with van der Waals surface area (Å²) < 4.78 is 7.28. The van der Waals surface area contributed by atoms with Crippen LogP contribution in [0.15, 0.2) is 54.0 Å². The highest BCUT2D eigenvalue weighted by Crippen LogP contribution is 2.22. The van der Waals surface area contributed by atoms with E-state index in [1.807, 2.05) is 0 Å². The maximum atomic E-state index is 12.7. The number of rotatable bonds is 5. The highest BCUT2D eigenvalue weighted by atomic mass is 32.1. The number of allylic oxidation sites excluding steroid dienone is 1. The molecule has 0 bridgehead atoms. The summed E-state index contributed by atoms with van der Waals surface area (Å²) in [7, 11) is 1.30. The Morgan fingerprint density at radius 2 is 2.00 bits per heavy atom. The van der Waals surface area contributed by atoms with Crippen LogP contribution in [0.3, 0.4) is 0 Å². The van der Waals surface area contributed by atoms with Crippen LogP contribution in [-0.4, -0.2) is 28.5 Å². The fourth-order valence-electron chi connectivity index (χ4n) is 2.80. The van der Waals surface area contributed by atoms with Gasteiger partial charge in [-0.25, -0.2) is 4.79 Å². The smallest absolute Gasteiger partial charge is 0.337 e. The van der Waals surface area contributed by atoms with E-state index in [-0.39, 0.29) is 11.3 Å². The Kier molecular flexibility index (Phi) is 5.69. The van der Waals surface area contributed by atoms with Crippen molar-refractivity contribution in [1.82, 2.24) is 4.57 Å². The number of thiazole rings is 1. The molecular formula is C20H17N3O5S. The van der Waals surface area contributed by atoms with Gasteiger partial charge in [0.15, 0.2) is 4.80 Å². The standard InChI is InChI=1S/C20H17N3O5S/c1-4-9-22-15-8-7-14(19(25)28-3)11-17(15)29-20(22)21-18(24)13-6-5-12(2)16(10-13)23(26)27/h4-8,10-11H,1,9H2,2-3H3. The lowest BCUT2D eigenvalue weighted by atomic mass is 10.1. The zero-order valence-electron chi connectivity index (χ0n) is 15.7. The van der Waals surface area contributed by atoms with Crippen molar-refractivity contribution in [3.8, 4) is 0 Å². The van der Waals surface area contributed by atoms with Gasteiger partial charge in [0.2, 0.25) is 0 Å². The minimum Gasteiger partial charge on any atom is -0.465 e. The lowest BCUT2D eigenvalue weighted by molar-refractivity contribution is -0.385. The van der Waals surface area contributed by atoms with Crippen LogP contribution in [0.25, 0.3) is 10.2 Å². The average molecular weight is 411 g/mol. The van der Waals surface area contributed by atoms with Gasteiger partial charge in [-0.05, 0) is 31.2 Å². The predicted molar refractivity (Wildman–Crippen MR) is 109 cm³/mol. The molecule has 29 heavy (non-hydrogen) atoms. The van der Waals surface area contributed by atoms with E-state index in [0.717, 1.165) is 10.2 Å². The van der Waals surface area contributed by atoms with Crippen molar-refractivity contribution < 1.29 is 19.2 Å². The van der Waals surface area contributed by atoms with Crippen LogP contribution in [0.4, 0.5) is 5.69 Å². The summed E-state index contributed by atoms with van der Waals surface area (Å²) in [5.74, 6) is -1.05. The third-order valence-electron chi connectivity index (χ3n) is 4.27. The van der Waals surface area contributed by atoms with E-state index >= 15 is 0 Å². The van der Waals surface area contributed by atoms with E-state index in [0.29, 0.717) is 22.5 Å². The third-order valence-corrected chi connectivity index (χ3v) is 5.31. The Labute approximate surface area is 169 Å². The molecule has 0 N–H and O–H groups in total. The highest BCUT2D eigenvalue weighted by molar-refractivity contribution is 7.16. The molecule has 8 nitrogen and oxygen atoms in total. The Bertz CT molecular complexity index is 1220. The first-order chi connectivity index (χ1) is 13.8. The molecule has 0 unspecified atom stereocenters. The lowest BCUT2D eigenvalue weighted by Crippen LogP contribution is -2.16. The van der Waals surface area contributed by atoms with Crippen LogP contribution in [-0.2, 0) is 11.3 Å². The Morgan fingerprint density at radius 3 is 2.66 bits per heavy atom. The Balaban J connectivity index is 2.13. The number of hydrogen-bond donors (Lipinski definition) is 0. The first-order valence-corrected chi connectivity index (χ1v) is 9.34. The Morgan fingerprint density at radius 1 is 1.28 bits per heavy atom. The van der Waals surface area contributed by atoms with E-state index in [1.54, 1.807) is 35.8 Å². The molecule has 0 spiro atoms. The second-order valence-corrected chi connectivity index (χ2v) is 7.14. The number of aromatic nitrogens is 1. The number of carbonyl (C=O) groups excluding carboxylic acids is 2. The van der Waals surface area contributed by atoms with Gasteiger partial charge in [0.05, 0.1) is 27.8 Å². The van der Waals surface area contributed by atoms with Crippen molar-refractivity contribution in [3.63, 3.8) is 0 Å². The number of amides is 1. The molecule has 1 heterocycles. The highest BCUT2D eigenvalue weighted by Gasteiger charge is 2.16. The van der Waals surface area contributed by atoms with Crippen molar-refractivity contribution in [2.75, 3.05) is 7.11 Å². The van der Waals surface area contributed by atoms with Gasteiger partial charge < -0.3 is 9.30 Å². The van der Waals surface area contributed by atoms with E-state index < -0.39 is 16.8 Å².